The normalized spacial score (nSPS) is 31.4. The molecule has 0 radical (unpaired) electrons. The SMILES string of the molecule is CC1(C(=O)OC(C)(C)C(C)(C(F)(F)F)C(F)(F)F)CC2CCC1C2. The first-order valence-electron chi connectivity index (χ1n) is 7.93. The molecule has 2 aliphatic rings. The van der Waals surface area contributed by atoms with Crippen LogP contribution in [0.5, 0.6) is 0 Å². The highest BCUT2D eigenvalue weighted by Gasteiger charge is 2.76. The van der Waals surface area contributed by atoms with Crippen LogP contribution in [0.1, 0.15) is 53.4 Å². The summed E-state index contributed by atoms with van der Waals surface area (Å²) < 4.78 is 84.5. The number of halogens is 6. The number of hydrogen-bond acceptors (Lipinski definition) is 2. The molecule has 2 nitrogen and oxygen atoms in total. The van der Waals surface area contributed by atoms with E-state index in [4.69, 9.17) is 4.74 Å². The molecule has 0 N–H and O–H groups in total. The Morgan fingerprint density at radius 1 is 1.00 bits per heavy atom. The summed E-state index contributed by atoms with van der Waals surface area (Å²) in [6.45, 7) is 3.00. The zero-order chi connectivity index (χ0) is 18.8. The molecule has 0 aliphatic heterocycles. The van der Waals surface area contributed by atoms with E-state index < -0.39 is 34.8 Å². The number of carbonyl (C=O) groups is 1. The van der Waals surface area contributed by atoms with Gasteiger partial charge in [0, 0.05) is 0 Å². The Labute approximate surface area is 136 Å². The van der Waals surface area contributed by atoms with Crippen LogP contribution in [0.2, 0.25) is 0 Å². The van der Waals surface area contributed by atoms with Crippen molar-refractivity contribution in [2.45, 2.75) is 71.3 Å². The number of hydrogen-bond donors (Lipinski definition) is 0. The highest BCUT2D eigenvalue weighted by atomic mass is 19.4. The molecule has 0 amide bonds. The molecule has 140 valence electrons. The lowest BCUT2D eigenvalue weighted by molar-refractivity contribution is -0.377. The van der Waals surface area contributed by atoms with Gasteiger partial charge in [0.1, 0.15) is 5.60 Å². The van der Waals surface area contributed by atoms with E-state index in [0.717, 1.165) is 19.3 Å². The number of alkyl halides is 6. The van der Waals surface area contributed by atoms with E-state index in [-0.39, 0.29) is 12.8 Å². The van der Waals surface area contributed by atoms with Crippen LogP contribution >= 0.6 is 0 Å². The maximum absolute atomic E-state index is 13.3. The Hall–Kier alpha value is -0.950. The van der Waals surface area contributed by atoms with Gasteiger partial charge in [-0.15, -0.1) is 0 Å². The molecular formula is C16H22F6O2. The first kappa shape index (κ1) is 19.4. The van der Waals surface area contributed by atoms with Gasteiger partial charge in [-0.05, 0) is 58.8 Å². The molecule has 2 rings (SSSR count). The van der Waals surface area contributed by atoms with E-state index in [9.17, 15) is 31.1 Å². The summed E-state index contributed by atoms with van der Waals surface area (Å²) in [4.78, 5) is 12.5. The third-order valence-corrected chi connectivity index (χ3v) is 6.31. The van der Waals surface area contributed by atoms with Crippen LogP contribution in [0.25, 0.3) is 0 Å². The van der Waals surface area contributed by atoms with Gasteiger partial charge >= 0.3 is 18.3 Å². The van der Waals surface area contributed by atoms with Gasteiger partial charge in [-0.25, -0.2) is 0 Å². The van der Waals surface area contributed by atoms with E-state index in [1.165, 1.54) is 0 Å². The van der Waals surface area contributed by atoms with E-state index in [1.54, 1.807) is 6.92 Å². The van der Waals surface area contributed by atoms with E-state index in [1.807, 2.05) is 0 Å². The van der Waals surface area contributed by atoms with Crippen molar-refractivity contribution in [1.29, 1.82) is 0 Å². The number of esters is 1. The number of fused-ring (bicyclic) bond motifs is 2. The lowest BCUT2D eigenvalue weighted by Crippen LogP contribution is -2.62. The molecule has 2 aliphatic carbocycles. The maximum atomic E-state index is 13.3. The van der Waals surface area contributed by atoms with Crippen molar-refractivity contribution in [1.82, 2.24) is 0 Å². The fraction of sp³-hybridized carbons (Fsp3) is 0.938. The first-order valence-corrected chi connectivity index (χ1v) is 7.93. The molecular weight excluding hydrogens is 338 g/mol. The van der Waals surface area contributed by atoms with Crippen LogP contribution in [0.15, 0.2) is 0 Å². The number of ether oxygens (including phenoxy) is 1. The minimum atomic E-state index is -5.61. The van der Waals surface area contributed by atoms with Crippen LogP contribution in [0, 0.1) is 22.7 Å². The molecule has 0 saturated heterocycles. The molecule has 2 saturated carbocycles. The Balaban J connectivity index is 2.31. The summed E-state index contributed by atoms with van der Waals surface area (Å²) in [5, 5.41) is 0. The van der Waals surface area contributed by atoms with Crippen molar-refractivity contribution in [3.8, 4) is 0 Å². The van der Waals surface area contributed by atoms with Crippen molar-refractivity contribution < 1.29 is 35.9 Å². The van der Waals surface area contributed by atoms with Crippen LogP contribution in [-0.2, 0) is 9.53 Å². The second-order valence-corrected chi connectivity index (χ2v) is 8.02. The maximum Gasteiger partial charge on any atom is 0.406 e. The molecule has 2 bridgehead atoms. The molecule has 0 aromatic heterocycles. The Kier molecular flexibility index (Phi) is 4.26. The van der Waals surface area contributed by atoms with E-state index >= 15 is 0 Å². The Morgan fingerprint density at radius 2 is 1.50 bits per heavy atom. The van der Waals surface area contributed by atoms with Crippen LogP contribution < -0.4 is 0 Å². The topological polar surface area (TPSA) is 26.3 Å². The van der Waals surface area contributed by atoms with Gasteiger partial charge in [-0.1, -0.05) is 6.42 Å². The fourth-order valence-corrected chi connectivity index (χ4v) is 4.15. The van der Waals surface area contributed by atoms with Gasteiger partial charge < -0.3 is 4.74 Å². The van der Waals surface area contributed by atoms with Crippen LogP contribution in [0.4, 0.5) is 26.3 Å². The van der Waals surface area contributed by atoms with Crippen molar-refractivity contribution in [2.75, 3.05) is 0 Å². The molecule has 0 aromatic rings. The second kappa shape index (κ2) is 5.27. The average molecular weight is 360 g/mol. The van der Waals surface area contributed by atoms with Crippen LogP contribution in [-0.4, -0.2) is 23.9 Å². The molecule has 8 heteroatoms. The van der Waals surface area contributed by atoms with Gasteiger partial charge in [-0.3, -0.25) is 4.79 Å². The summed E-state index contributed by atoms with van der Waals surface area (Å²) in [5.74, 6) is -0.694. The minimum Gasteiger partial charge on any atom is -0.458 e. The zero-order valence-corrected chi connectivity index (χ0v) is 14.1. The van der Waals surface area contributed by atoms with Crippen molar-refractivity contribution >= 4 is 5.97 Å². The predicted octanol–water partition coefficient (Wildman–Crippen LogP) is 5.27. The quantitative estimate of drug-likeness (QED) is 0.507. The van der Waals surface area contributed by atoms with Crippen molar-refractivity contribution in [3.05, 3.63) is 0 Å². The summed E-state index contributed by atoms with van der Waals surface area (Å²) in [6.07, 6.45) is -8.27. The standard InChI is InChI=1S/C16H22F6O2/c1-12(2,14(4,15(17,18)19)16(20,21)22)24-11(23)13(3)8-9-5-6-10(13)7-9/h9-10H,5-8H2,1-4H3. The summed E-state index contributed by atoms with van der Waals surface area (Å²) in [5.41, 5.74) is -7.93. The predicted molar refractivity (Wildman–Crippen MR) is 73.9 cm³/mol. The number of rotatable bonds is 3. The van der Waals surface area contributed by atoms with Crippen molar-refractivity contribution in [3.63, 3.8) is 0 Å². The fourth-order valence-electron chi connectivity index (χ4n) is 4.15. The second-order valence-electron chi connectivity index (χ2n) is 8.02. The van der Waals surface area contributed by atoms with Gasteiger partial charge in [0.25, 0.3) is 0 Å². The molecule has 3 atom stereocenters. The molecule has 2 fully saturated rings. The Bertz CT molecular complexity index is 508. The monoisotopic (exact) mass is 360 g/mol. The van der Waals surface area contributed by atoms with Gasteiger partial charge in [-0.2, -0.15) is 26.3 Å². The summed E-state index contributed by atoms with van der Waals surface area (Å²) in [6, 6.07) is 0. The largest absolute Gasteiger partial charge is 0.458 e. The Morgan fingerprint density at radius 3 is 1.83 bits per heavy atom. The number of carbonyl (C=O) groups excluding carboxylic acids is 1. The highest BCUT2D eigenvalue weighted by molar-refractivity contribution is 5.78. The smallest absolute Gasteiger partial charge is 0.406 e. The summed E-state index contributed by atoms with van der Waals surface area (Å²) in [7, 11) is 0. The zero-order valence-electron chi connectivity index (χ0n) is 14.1. The molecule has 0 aromatic carbocycles. The third-order valence-electron chi connectivity index (χ3n) is 6.31. The summed E-state index contributed by atoms with van der Waals surface area (Å²) >= 11 is 0. The average Bonchev–Trinajstić information content (AvgIpc) is 2.94. The molecule has 0 spiro atoms. The molecule has 3 unspecified atom stereocenters. The highest BCUT2D eigenvalue weighted by Crippen LogP contribution is 2.60. The van der Waals surface area contributed by atoms with Crippen LogP contribution in [0.3, 0.4) is 0 Å². The van der Waals surface area contributed by atoms with Gasteiger partial charge in [0.15, 0.2) is 5.41 Å². The lowest BCUT2D eigenvalue weighted by Gasteiger charge is -2.46. The van der Waals surface area contributed by atoms with Crippen molar-refractivity contribution in [2.24, 2.45) is 22.7 Å². The molecule has 0 heterocycles. The lowest BCUT2D eigenvalue weighted by atomic mass is 9.72. The first-order chi connectivity index (χ1) is 10.6. The van der Waals surface area contributed by atoms with Gasteiger partial charge in [0.05, 0.1) is 5.41 Å². The minimum absolute atomic E-state index is 0.0335. The van der Waals surface area contributed by atoms with Gasteiger partial charge in [0.2, 0.25) is 0 Å². The third kappa shape index (κ3) is 2.60. The van der Waals surface area contributed by atoms with E-state index in [2.05, 4.69) is 0 Å². The van der Waals surface area contributed by atoms with E-state index in [0.29, 0.717) is 26.2 Å². The molecule has 24 heavy (non-hydrogen) atoms.